The summed E-state index contributed by atoms with van der Waals surface area (Å²) in [5, 5.41) is 16.4. The van der Waals surface area contributed by atoms with Gasteiger partial charge >= 0.3 is 0 Å². The van der Waals surface area contributed by atoms with E-state index in [4.69, 9.17) is 0 Å². The first-order chi connectivity index (χ1) is 12.0. The third-order valence-corrected chi connectivity index (χ3v) is 3.59. The van der Waals surface area contributed by atoms with E-state index in [1.54, 1.807) is 19.1 Å². The van der Waals surface area contributed by atoms with E-state index in [-0.39, 0.29) is 23.6 Å². The summed E-state index contributed by atoms with van der Waals surface area (Å²) in [6.07, 6.45) is 0.874. The van der Waals surface area contributed by atoms with Crippen LogP contribution in [0.3, 0.4) is 0 Å². The lowest BCUT2D eigenvalue weighted by Gasteiger charge is -2.09. The number of anilines is 1. The van der Waals surface area contributed by atoms with Crippen LogP contribution >= 0.6 is 0 Å². The zero-order chi connectivity index (χ0) is 18.2. The first-order valence-corrected chi connectivity index (χ1v) is 8.00. The predicted octanol–water partition coefficient (Wildman–Crippen LogP) is 3.09. The largest absolute Gasteiger partial charge is 0.507 e. The number of para-hydroxylation sites is 2. The Hall–Kier alpha value is -3.15. The minimum absolute atomic E-state index is 0.0547. The molecule has 0 unspecified atom stereocenters. The topological polar surface area (TPSA) is 90.8 Å². The molecule has 6 nitrogen and oxygen atoms in total. The number of carbonyl (C=O) groups excluding carboxylic acids is 2. The van der Waals surface area contributed by atoms with Crippen LogP contribution in [0.15, 0.2) is 53.6 Å². The van der Waals surface area contributed by atoms with Crippen molar-refractivity contribution in [1.29, 1.82) is 0 Å². The van der Waals surface area contributed by atoms with E-state index < -0.39 is 5.91 Å². The van der Waals surface area contributed by atoms with Crippen molar-refractivity contribution >= 4 is 23.2 Å². The fourth-order valence-electron chi connectivity index (χ4n) is 2.29. The summed E-state index contributed by atoms with van der Waals surface area (Å²) in [5.74, 6) is -0.866. The number of aromatic hydroxyl groups is 1. The number of nitrogens with one attached hydrogen (secondary N) is 2. The molecule has 0 aromatic heterocycles. The molecule has 0 aliphatic rings. The third-order valence-electron chi connectivity index (χ3n) is 3.59. The van der Waals surface area contributed by atoms with Crippen LogP contribution in [0.1, 0.15) is 36.2 Å². The van der Waals surface area contributed by atoms with Crippen molar-refractivity contribution in [1.82, 2.24) is 5.43 Å². The second kappa shape index (κ2) is 8.63. The molecular formula is C19H21N3O3. The molecule has 0 heterocycles. The molecule has 6 heteroatoms. The summed E-state index contributed by atoms with van der Waals surface area (Å²) in [5.41, 5.74) is 4.75. The molecule has 0 atom stereocenters. The van der Waals surface area contributed by atoms with Gasteiger partial charge in [0.1, 0.15) is 5.75 Å². The molecule has 0 aliphatic heterocycles. The minimum atomic E-state index is -0.533. The molecule has 25 heavy (non-hydrogen) atoms. The maximum Gasteiger partial charge on any atom is 0.275 e. The number of amides is 2. The fourth-order valence-corrected chi connectivity index (χ4v) is 2.29. The quantitative estimate of drug-likeness (QED) is 0.558. The van der Waals surface area contributed by atoms with Crippen molar-refractivity contribution in [2.45, 2.75) is 26.7 Å². The van der Waals surface area contributed by atoms with Crippen molar-refractivity contribution in [2.24, 2.45) is 5.10 Å². The van der Waals surface area contributed by atoms with Crippen LogP contribution < -0.4 is 10.7 Å². The molecule has 0 spiro atoms. The van der Waals surface area contributed by atoms with E-state index in [1.807, 2.05) is 31.2 Å². The summed E-state index contributed by atoms with van der Waals surface area (Å²) in [6.45, 7) is 3.67. The molecule has 2 aromatic carbocycles. The highest BCUT2D eigenvalue weighted by molar-refractivity contribution is 6.06. The molecule has 0 fully saturated rings. The first-order valence-electron chi connectivity index (χ1n) is 8.00. The number of hydrogen-bond acceptors (Lipinski definition) is 4. The molecule has 0 aliphatic carbocycles. The van der Waals surface area contributed by atoms with Gasteiger partial charge in [0.2, 0.25) is 5.91 Å². The number of hydrogen-bond donors (Lipinski definition) is 3. The number of aryl methyl sites for hydroxylation is 1. The first kappa shape index (κ1) is 18.2. The van der Waals surface area contributed by atoms with E-state index >= 15 is 0 Å². The fraction of sp³-hybridized carbons (Fsp3) is 0.211. The lowest BCUT2D eigenvalue weighted by molar-refractivity contribution is -0.115. The van der Waals surface area contributed by atoms with Crippen molar-refractivity contribution in [3.8, 4) is 5.75 Å². The van der Waals surface area contributed by atoms with Crippen molar-refractivity contribution in [3.63, 3.8) is 0 Å². The number of carbonyl (C=O) groups is 2. The normalized spacial score (nSPS) is 11.0. The monoisotopic (exact) mass is 339 g/mol. The highest BCUT2D eigenvalue weighted by Crippen LogP contribution is 2.16. The Morgan fingerprint density at radius 3 is 2.48 bits per heavy atom. The zero-order valence-electron chi connectivity index (χ0n) is 14.2. The predicted molar refractivity (Wildman–Crippen MR) is 97.7 cm³/mol. The van der Waals surface area contributed by atoms with E-state index in [9.17, 15) is 14.7 Å². The van der Waals surface area contributed by atoms with Gasteiger partial charge in [-0.05, 0) is 37.1 Å². The molecule has 130 valence electrons. The van der Waals surface area contributed by atoms with Crippen LogP contribution in [0.4, 0.5) is 5.69 Å². The number of hydrazone groups is 1. The van der Waals surface area contributed by atoms with E-state index in [0.717, 1.165) is 17.7 Å². The SMILES string of the molecule is CCc1ccccc1NC(=O)C/C(C)=N\NC(=O)c1ccccc1O. The van der Waals surface area contributed by atoms with Crippen molar-refractivity contribution in [2.75, 3.05) is 5.32 Å². The number of phenols is 1. The van der Waals surface area contributed by atoms with Gasteiger partial charge in [-0.1, -0.05) is 37.3 Å². The molecule has 2 rings (SSSR count). The van der Waals surface area contributed by atoms with E-state index in [1.165, 1.54) is 12.1 Å². The Kier molecular flexibility index (Phi) is 6.28. The highest BCUT2D eigenvalue weighted by atomic mass is 16.3. The third kappa shape index (κ3) is 5.17. The van der Waals surface area contributed by atoms with E-state index in [2.05, 4.69) is 15.8 Å². The average molecular weight is 339 g/mol. The second-order valence-corrected chi connectivity index (χ2v) is 5.54. The maximum atomic E-state index is 12.1. The number of benzene rings is 2. The Morgan fingerprint density at radius 1 is 1.08 bits per heavy atom. The summed E-state index contributed by atoms with van der Waals surface area (Å²) in [7, 11) is 0. The molecule has 0 saturated carbocycles. The molecular weight excluding hydrogens is 318 g/mol. The Bertz CT molecular complexity index is 800. The standard InChI is InChI=1S/C19H21N3O3/c1-3-14-8-4-6-10-16(14)20-18(24)12-13(2)21-22-19(25)15-9-5-7-11-17(15)23/h4-11,23H,3,12H2,1-2H3,(H,20,24)(H,22,25)/b21-13-. The summed E-state index contributed by atoms with van der Waals surface area (Å²) in [4.78, 5) is 24.1. The summed E-state index contributed by atoms with van der Waals surface area (Å²) < 4.78 is 0. The molecule has 0 bridgehead atoms. The van der Waals surface area contributed by atoms with Gasteiger partial charge < -0.3 is 10.4 Å². The van der Waals surface area contributed by atoms with Crippen LogP contribution in [0.5, 0.6) is 5.75 Å². The van der Waals surface area contributed by atoms with Crippen molar-refractivity contribution < 1.29 is 14.7 Å². The van der Waals surface area contributed by atoms with Gasteiger partial charge in [0.25, 0.3) is 5.91 Å². The molecule has 0 radical (unpaired) electrons. The highest BCUT2D eigenvalue weighted by Gasteiger charge is 2.10. The molecule has 2 aromatic rings. The van der Waals surface area contributed by atoms with E-state index in [0.29, 0.717) is 5.71 Å². The van der Waals surface area contributed by atoms with Gasteiger partial charge in [-0.2, -0.15) is 5.10 Å². The number of rotatable bonds is 6. The lowest BCUT2D eigenvalue weighted by Crippen LogP contribution is -2.21. The second-order valence-electron chi connectivity index (χ2n) is 5.54. The van der Waals surface area contributed by atoms with Gasteiger partial charge in [-0.3, -0.25) is 9.59 Å². The Morgan fingerprint density at radius 2 is 1.76 bits per heavy atom. The zero-order valence-corrected chi connectivity index (χ0v) is 14.2. The summed E-state index contributed by atoms with van der Waals surface area (Å²) in [6, 6.07) is 13.8. The Balaban J connectivity index is 1.93. The maximum absolute atomic E-state index is 12.1. The van der Waals surface area contributed by atoms with Gasteiger partial charge in [0.15, 0.2) is 0 Å². The minimum Gasteiger partial charge on any atom is -0.507 e. The van der Waals surface area contributed by atoms with Crippen LogP contribution in [-0.2, 0) is 11.2 Å². The van der Waals surface area contributed by atoms with Crippen LogP contribution in [0.25, 0.3) is 0 Å². The van der Waals surface area contributed by atoms with Gasteiger partial charge in [0, 0.05) is 11.4 Å². The number of phenolic OH excluding ortho intramolecular Hbond substituents is 1. The number of nitrogens with zero attached hydrogens (tertiary/aromatic N) is 1. The molecule has 2 amide bonds. The molecule has 0 saturated heterocycles. The average Bonchev–Trinajstić information content (AvgIpc) is 2.60. The molecule has 3 N–H and O–H groups in total. The smallest absolute Gasteiger partial charge is 0.275 e. The van der Waals surface area contributed by atoms with Crippen molar-refractivity contribution in [3.05, 3.63) is 59.7 Å². The van der Waals surface area contributed by atoms with Crippen LogP contribution in [0, 0.1) is 0 Å². The Labute approximate surface area is 146 Å². The van der Waals surface area contributed by atoms with Gasteiger partial charge in [-0.15, -0.1) is 0 Å². The summed E-state index contributed by atoms with van der Waals surface area (Å²) >= 11 is 0. The van der Waals surface area contributed by atoms with Gasteiger partial charge in [0.05, 0.1) is 12.0 Å². The lowest BCUT2D eigenvalue weighted by atomic mass is 10.1. The van der Waals surface area contributed by atoms with Crippen LogP contribution in [0.2, 0.25) is 0 Å². The van der Waals surface area contributed by atoms with Gasteiger partial charge in [-0.25, -0.2) is 5.43 Å². The van der Waals surface area contributed by atoms with Crippen LogP contribution in [-0.4, -0.2) is 22.6 Å².